The molecule has 0 saturated carbocycles. The Labute approximate surface area is 203 Å². The van der Waals surface area contributed by atoms with Gasteiger partial charge in [0.05, 0.1) is 6.10 Å². The van der Waals surface area contributed by atoms with Gasteiger partial charge in [-0.05, 0) is 12.8 Å². The first-order valence-corrected chi connectivity index (χ1v) is 9.75. The van der Waals surface area contributed by atoms with Gasteiger partial charge in [0.1, 0.15) is 30.5 Å². The second-order valence-corrected chi connectivity index (χ2v) is 7.14. The van der Waals surface area contributed by atoms with Crippen molar-refractivity contribution in [2.45, 2.75) is 101 Å². The molecule has 0 aliphatic carbocycles. The molecule has 7 atom stereocenters. The molecule has 0 saturated heterocycles. The monoisotopic (exact) mass is 454 g/mol. The van der Waals surface area contributed by atoms with Crippen LogP contribution in [0.25, 0.3) is 0 Å². The van der Waals surface area contributed by atoms with E-state index in [1.54, 1.807) is 0 Å². The minimum atomic E-state index is -2.39. The van der Waals surface area contributed by atoms with Crippen LogP contribution in [0.4, 0.5) is 0 Å². The van der Waals surface area contributed by atoms with Gasteiger partial charge in [-0.1, -0.05) is 44.9 Å². The largest absolute Gasteiger partial charge is 2.00 e. The first kappa shape index (κ1) is 31.6. The summed E-state index contributed by atoms with van der Waals surface area (Å²) in [6.07, 6.45) is -6.98. The number of carboxylic acid groups (broad SMARTS) is 1. The van der Waals surface area contributed by atoms with Gasteiger partial charge in [0, 0.05) is 6.61 Å². The number of rotatable bonds is 17. The zero-order valence-corrected chi connectivity index (χ0v) is 19.0. The molecule has 0 amide bonds. The SMILES string of the molecule is O=C(O)C(O)C(O)C(O)C(O)C(O)C(O)C(O)CCCCCCCCCCO.[Ca+2].[H-].[H-]. The molecule has 0 fully saturated rings. The van der Waals surface area contributed by atoms with Crippen LogP contribution in [0.2, 0.25) is 0 Å². The average molecular weight is 455 g/mol. The minimum Gasteiger partial charge on any atom is -1.00 e. The van der Waals surface area contributed by atoms with Crippen LogP contribution in [-0.2, 0) is 4.79 Å². The van der Waals surface area contributed by atoms with E-state index in [4.69, 9.17) is 15.3 Å². The topological polar surface area (TPSA) is 199 Å². The molecule has 0 rings (SSSR count). The average Bonchev–Trinajstić information content (AvgIpc) is 2.68. The molecule has 9 N–H and O–H groups in total. The molecule has 0 spiro atoms. The maximum Gasteiger partial charge on any atom is 2.00 e. The van der Waals surface area contributed by atoms with Crippen LogP contribution in [0.5, 0.6) is 0 Å². The van der Waals surface area contributed by atoms with Crippen LogP contribution in [0, 0.1) is 0 Å². The molecule has 7 unspecified atom stereocenters. The number of hydrogen-bond donors (Lipinski definition) is 9. The van der Waals surface area contributed by atoms with Gasteiger partial charge in [-0.25, -0.2) is 4.79 Å². The van der Waals surface area contributed by atoms with Crippen LogP contribution in [0.3, 0.4) is 0 Å². The zero-order chi connectivity index (χ0) is 21.7. The van der Waals surface area contributed by atoms with Crippen LogP contribution < -0.4 is 0 Å². The number of aliphatic hydroxyl groups excluding tert-OH is 8. The van der Waals surface area contributed by atoms with Crippen LogP contribution in [0.15, 0.2) is 0 Å². The van der Waals surface area contributed by atoms with Crippen molar-refractivity contribution >= 4 is 43.7 Å². The fourth-order valence-electron chi connectivity index (χ4n) is 2.86. The normalized spacial score (nSPS) is 18.8. The van der Waals surface area contributed by atoms with Crippen molar-refractivity contribution in [3.63, 3.8) is 0 Å². The van der Waals surface area contributed by atoms with E-state index >= 15 is 0 Å². The Hall–Kier alpha value is 0.410. The summed E-state index contributed by atoms with van der Waals surface area (Å²) in [4.78, 5) is 10.6. The van der Waals surface area contributed by atoms with Crippen LogP contribution >= 0.6 is 0 Å². The van der Waals surface area contributed by atoms with Gasteiger partial charge in [0.15, 0.2) is 6.10 Å². The predicted octanol–water partition coefficient (Wildman–Crippen LogP) is -2.06. The van der Waals surface area contributed by atoms with Crippen LogP contribution in [0.1, 0.15) is 60.6 Å². The van der Waals surface area contributed by atoms with Crippen LogP contribution in [-0.4, -0.2) is 139 Å². The quantitative estimate of drug-likeness (QED) is 0.0870. The van der Waals surface area contributed by atoms with Crippen molar-refractivity contribution in [3.8, 4) is 0 Å². The molecule has 0 heterocycles. The Morgan fingerprint density at radius 3 is 1.45 bits per heavy atom. The number of aliphatic carboxylic acids is 1. The van der Waals surface area contributed by atoms with E-state index in [-0.39, 0.29) is 53.6 Å². The molecule has 0 aromatic heterocycles. The van der Waals surface area contributed by atoms with E-state index < -0.39 is 48.7 Å². The predicted molar refractivity (Wildman–Crippen MR) is 106 cm³/mol. The number of aliphatic hydroxyl groups is 8. The summed E-state index contributed by atoms with van der Waals surface area (Å²) in [5.41, 5.74) is 0. The summed E-state index contributed by atoms with van der Waals surface area (Å²) in [7, 11) is 0. The number of unbranched alkanes of at least 4 members (excludes halogenated alkanes) is 7. The van der Waals surface area contributed by atoms with Crippen molar-refractivity contribution in [1.29, 1.82) is 0 Å². The molecule has 0 aliphatic rings. The smallest absolute Gasteiger partial charge is 1.00 e. The molecular formula is C18H38CaO10. The summed E-state index contributed by atoms with van der Waals surface area (Å²) in [6, 6.07) is 0. The van der Waals surface area contributed by atoms with E-state index in [2.05, 4.69) is 0 Å². The zero-order valence-electron chi connectivity index (χ0n) is 18.8. The van der Waals surface area contributed by atoms with Crippen molar-refractivity contribution in [2.75, 3.05) is 6.61 Å². The van der Waals surface area contributed by atoms with Gasteiger partial charge >= 0.3 is 43.7 Å². The Bertz CT molecular complexity index is 425. The summed E-state index contributed by atoms with van der Waals surface area (Å²) in [5, 5.41) is 85.0. The van der Waals surface area contributed by atoms with Crippen molar-refractivity contribution in [3.05, 3.63) is 0 Å². The van der Waals surface area contributed by atoms with E-state index in [0.717, 1.165) is 44.9 Å². The van der Waals surface area contributed by atoms with Gasteiger partial charge in [-0.15, -0.1) is 0 Å². The van der Waals surface area contributed by atoms with E-state index in [9.17, 15) is 35.4 Å². The van der Waals surface area contributed by atoms with Gasteiger partial charge in [0.25, 0.3) is 0 Å². The molecule has 29 heavy (non-hydrogen) atoms. The first-order valence-electron chi connectivity index (χ1n) is 9.75. The molecule has 0 radical (unpaired) electrons. The fraction of sp³-hybridized carbons (Fsp3) is 0.944. The second kappa shape index (κ2) is 18.0. The van der Waals surface area contributed by atoms with Gasteiger partial charge < -0.3 is 48.8 Å². The summed E-state index contributed by atoms with van der Waals surface area (Å²) >= 11 is 0. The third kappa shape index (κ3) is 12.8. The fourth-order valence-corrected chi connectivity index (χ4v) is 2.86. The Morgan fingerprint density at radius 2 is 1.00 bits per heavy atom. The summed E-state index contributed by atoms with van der Waals surface area (Å²) < 4.78 is 0. The molecule has 0 aliphatic heterocycles. The van der Waals surface area contributed by atoms with Crippen molar-refractivity contribution in [2.24, 2.45) is 0 Å². The second-order valence-electron chi connectivity index (χ2n) is 7.14. The van der Waals surface area contributed by atoms with E-state index in [0.29, 0.717) is 6.42 Å². The number of hydrogen-bond acceptors (Lipinski definition) is 9. The van der Waals surface area contributed by atoms with E-state index in [1.165, 1.54) is 0 Å². The van der Waals surface area contributed by atoms with Gasteiger partial charge in [-0.3, -0.25) is 0 Å². The Balaban J connectivity index is -0.00000121. The minimum absolute atomic E-state index is 0. The van der Waals surface area contributed by atoms with E-state index in [1.807, 2.05) is 0 Å². The summed E-state index contributed by atoms with van der Waals surface area (Å²) in [6.45, 7) is 0.205. The molecule has 0 aromatic rings. The Morgan fingerprint density at radius 1 is 0.621 bits per heavy atom. The maximum atomic E-state index is 10.6. The molecule has 0 bridgehead atoms. The van der Waals surface area contributed by atoms with Crippen molar-refractivity contribution in [1.82, 2.24) is 0 Å². The molecule has 172 valence electrons. The first-order chi connectivity index (χ1) is 13.1. The molecular weight excluding hydrogens is 416 g/mol. The Kier molecular flexibility index (Phi) is 19.6. The van der Waals surface area contributed by atoms with Crippen molar-refractivity contribution < 1.29 is 53.6 Å². The third-order valence-electron chi connectivity index (χ3n) is 4.78. The molecule has 11 heteroatoms. The standard InChI is InChI=1S/C18H36O10.Ca.2H/c19-10-8-6-4-2-1-3-5-7-9-11(20)12(21)13(22)14(23)15(24)16(25)17(26)18(27)28;;;/h11-17,19-26H,1-10H2,(H,27,28);;;/q;+2;2*-1. The summed E-state index contributed by atoms with van der Waals surface area (Å²) in [5.74, 6) is -1.83. The third-order valence-corrected chi connectivity index (χ3v) is 4.78. The number of carboxylic acids is 1. The molecule has 10 nitrogen and oxygen atoms in total. The molecule has 0 aromatic carbocycles. The maximum absolute atomic E-state index is 10.6. The van der Waals surface area contributed by atoms with Gasteiger partial charge in [0.2, 0.25) is 0 Å². The number of carbonyl (C=O) groups is 1. The van der Waals surface area contributed by atoms with Gasteiger partial charge in [-0.2, -0.15) is 0 Å².